The van der Waals surface area contributed by atoms with Crippen LogP contribution in [0.4, 0.5) is 23.5 Å². The Labute approximate surface area is 333 Å². The molecule has 0 spiro atoms. The van der Waals surface area contributed by atoms with Crippen LogP contribution in [-0.4, -0.2) is 87.8 Å². The summed E-state index contributed by atoms with van der Waals surface area (Å²) in [6.45, 7) is 4.52. The lowest BCUT2D eigenvalue weighted by molar-refractivity contribution is -0.149. The van der Waals surface area contributed by atoms with Crippen molar-refractivity contribution in [2.45, 2.75) is 89.4 Å². The number of hydrogen-bond acceptors (Lipinski definition) is 16. The quantitative estimate of drug-likeness (QED) is 0.0385. The third-order valence-electron chi connectivity index (χ3n) is 10.8. The number of allylic oxidation sites excluding steroid dienone is 2. The molecule has 0 amide bonds. The number of hydrogen-bond donors (Lipinski definition) is 4. The van der Waals surface area contributed by atoms with E-state index in [-0.39, 0.29) is 59.6 Å². The van der Waals surface area contributed by atoms with Gasteiger partial charge in [0, 0.05) is 35.4 Å². The first-order chi connectivity index (χ1) is 27.2. The van der Waals surface area contributed by atoms with E-state index in [9.17, 15) is 9.59 Å². The van der Waals surface area contributed by atoms with E-state index in [0.29, 0.717) is 48.2 Å². The highest BCUT2D eigenvalue weighted by Crippen LogP contribution is 2.35. The van der Waals surface area contributed by atoms with Crippen molar-refractivity contribution in [2.75, 3.05) is 46.8 Å². The van der Waals surface area contributed by atoms with E-state index in [2.05, 4.69) is 64.8 Å². The van der Waals surface area contributed by atoms with Crippen molar-refractivity contribution in [2.24, 2.45) is 23.7 Å². The van der Waals surface area contributed by atoms with Crippen molar-refractivity contribution >= 4 is 79.4 Å². The van der Waals surface area contributed by atoms with Crippen LogP contribution in [0.25, 0.3) is 22.3 Å². The number of fused-ring (bicyclic) bond motifs is 2. The van der Waals surface area contributed by atoms with Crippen molar-refractivity contribution in [1.82, 2.24) is 39.0 Å². The molecule has 16 nitrogen and oxygen atoms in total. The molecule has 56 heavy (non-hydrogen) atoms. The van der Waals surface area contributed by atoms with Crippen molar-refractivity contribution in [3.8, 4) is 0 Å². The minimum Gasteiger partial charge on any atom is -0.465 e. The van der Waals surface area contributed by atoms with E-state index in [1.807, 2.05) is 23.0 Å². The van der Waals surface area contributed by atoms with Gasteiger partial charge >= 0.3 is 11.9 Å². The largest absolute Gasteiger partial charge is 0.465 e. The van der Waals surface area contributed by atoms with Crippen LogP contribution in [0.3, 0.4) is 0 Å². The van der Waals surface area contributed by atoms with E-state index < -0.39 is 0 Å². The van der Waals surface area contributed by atoms with Gasteiger partial charge in [-0.25, -0.2) is 9.97 Å². The molecule has 0 bridgehead atoms. The Morgan fingerprint density at radius 1 is 0.714 bits per heavy atom. The fourth-order valence-electron chi connectivity index (χ4n) is 7.03. The summed E-state index contributed by atoms with van der Waals surface area (Å²) >= 11 is 0. The monoisotopic (exact) mass is 802 g/mol. The van der Waals surface area contributed by atoms with Crippen molar-refractivity contribution in [1.29, 1.82) is 0 Å². The lowest BCUT2D eigenvalue weighted by Crippen LogP contribution is -2.19. The van der Waals surface area contributed by atoms with E-state index in [0.717, 1.165) is 73.9 Å². The average Bonchev–Trinajstić information content (AvgIpc) is 3.91. The van der Waals surface area contributed by atoms with E-state index >= 15 is 0 Å². The zero-order chi connectivity index (χ0) is 38.8. The highest BCUT2D eigenvalue weighted by molar-refractivity contribution is 8.76. The van der Waals surface area contributed by atoms with Crippen LogP contribution in [0.2, 0.25) is 0 Å². The maximum absolute atomic E-state index is 12.8. The number of ether oxygens (including phenoxy) is 2. The summed E-state index contributed by atoms with van der Waals surface area (Å²) in [5.74, 6) is 2.93. The summed E-state index contributed by atoms with van der Waals surface area (Å²) < 4.78 is 15.5. The molecule has 4 heterocycles. The number of carbonyl (C=O) groups excluding carboxylic acids is 2. The van der Waals surface area contributed by atoms with Gasteiger partial charge in [0.15, 0.2) is 34.0 Å². The van der Waals surface area contributed by atoms with Gasteiger partial charge in [-0.05, 0) is 51.4 Å². The van der Waals surface area contributed by atoms with Crippen LogP contribution < -0.4 is 22.1 Å². The molecule has 4 aromatic heterocycles. The van der Waals surface area contributed by atoms with E-state index in [1.54, 1.807) is 34.2 Å². The van der Waals surface area contributed by atoms with E-state index in [1.165, 1.54) is 0 Å². The SMILES string of the molecule is CC(CCSSCCC(C)C(=O)OC[C@@H]1C=CC(n2cnc3c(NC4CC4)nc(N)nc32)C1)C(=O)OC[C@@H]1C=CC(n2cnc3c(NC4CC4)nc(N)nc32)C1. The second-order valence-electron chi connectivity index (χ2n) is 15.5. The maximum Gasteiger partial charge on any atom is 0.308 e. The summed E-state index contributed by atoms with van der Waals surface area (Å²) in [6, 6.07) is 0.951. The first-order valence-corrected chi connectivity index (χ1v) is 22.1. The number of rotatable bonds is 19. The number of nitrogen functional groups attached to an aromatic ring is 2. The summed E-state index contributed by atoms with van der Waals surface area (Å²) in [4.78, 5) is 52.4. The molecule has 8 rings (SSSR count). The minimum atomic E-state index is -0.197. The van der Waals surface area contributed by atoms with Gasteiger partial charge in [-0.15, -0.1) is 0 Å². The smallest absolute Gasteiger partial charge is 0.308 e. The Morgan fingerprint density at radius 3 is 1.55 bits per heavy atom. The molecule has 2 saturated carbocycles. The van der Waals surface area contributed by atoms with Crippen LogP contribution in [0.1, 0.15) is 77.3 Å². The van der Waals surface area contributed by atoms with Gasteiger partial charge in [-0.1, -0.05) is 59.7 Å². The molecule has 4 aliphatic carbocycles. The van der Waals surface area contributed by atoms with Crippen LogP contribution in [-0.2, 0) is 19.1 Å². The molecule has 6 N–H and O–H groups in total. The standard InChI is InChI=1S/C38H50N12O4S2/c1-21(35(51)53-17-23-3-9-27(15-23)49-19-41-29-31(43-25-5-6-25)45-37(39)47-33(29)49)11-13-55-56-14-12-22(2)36(52)54-18-24-4-10-28(16-24)50-20-42-30-32(44-26-7-8-26)46-38(40)48-34(30)50/h3-4,9-10,19-28H,5-8,11-18H2,1-2H3,(H3,39,43,45,47)(H3,40,44,46,48)/t21?,22?,23-,24-,27?,28?/m1/s1. The molecule has 0 saturated heterocycles. The predicted octanol–water partition coefficient (Wildman–Crippen LogP) is 5.73. The molecule has 298 valence electrons. The summed E-state index contributed by atoms with van der Waals surface area (Å²) in [6.07, 6.45) is 19.5. The summed E-state index contributed by atoms with van der Waals surface area (Å²) in [5.41, 5.74) is 14.9. The van der Waals surface area contributed by atoms with Gasteiger partial charge in [0.25, 0.3) is 0 Å². The van der Waals surface area contributed by atoms with Gasteiger partial charge in [0.05, 0.1) is 49.8 Å². The number of nitrogens with two attached hydrogens (primary N) is 2. The Morgan fingerprint density at radius 2 is 1.14 bits per heavy atom. The van der Waals surface area contributed by atoms with Crippen molar-refractivity contribution in [3.63, 3.8) is 0 Å². The number of esters is 2. The lowest BCUT2D eigenvalue weighted by atomic mass is 10.1. The topological polar surface area (TPSA) is 216 Å². The number of anilines is 4. The Hall–Kier alpha value is -4.58. The average molecular weight is 803 g/mol. The second-order valence-corrected chi connectivity index (χ2v) is 18.2. The first kappa shape index (κ1) is 38.3. The molecule has 4 unspecified atom stereocenters. The Kier molecular flexibility index (Phi) is 11.5. The molecule has 4 aromatic rings. The zero-order valence-electron chi connectivity index (χ0n) is 31.8. The molecular formula is C38H50N12O4S2. The number of nitrogens with one attached hydrogen (secondary N) is 2. The molecule has 4 aliphatic rings. The Bertz CT molecular complexity index is 1970. The molecule has 2 fully saturated rings. The normalized spacial score (nSPS) is 22.8. The van der Waals surface area contributed by atoms with Gasteiger partial charge in [-0.3, -0.25) is 9.59 Å². The lowest BCUT2D eigenvalue weighted by Gasteiger charge is -2.16. The molecular weight excluding hydrogens is 753 g/mol. The van der Waals surface area contributed by atoms with Crippen LogP contribution in [0, 0.1) is 23.7 Å². The van der Waals surface area contributed by atoms with Crippen LogP contribution >= 0.6 is 21.6 Å². The molecule has 0 radical (unpaired) electrons. The van der Waals surface area contributed by atoms with Crippen LogP contribution in [0.5, 0.6) is 0 Å². The molecule has 0 aliphatic heterocycles. The van der Waals surface area contributed by atoms with Gasteiger partial charge < -0.3 is 40.7 Å². The first-order valence-electron chi connectivity index (χ1n) is 19.7. The highest BCUT2D eigenvalue weighted by atomic mass is 33.1. The summed E-state index contributed by atoms with van der Waals surface area (Å²) in [7, 11) is 3.44. The number of aromatic nitrogens is 8. The minimum absolute atomic E-state index is 0.0505. The fourth-order valence-corrected chi connectivity index (χ4v) is 9.45. The maximum atomic E-state index is 12.8. The van der Waals surface area contributed by atoms with Crippen LogP contribution in [0.15, 0.2) is 37.0 Å². The van der Waals surface area contributed by atoms with Crippen molar-refractivity contribution < 1.29 is 19.1 Å². The third kappa shape index (κ3) is 9.17. The third-order valence-corrected chi connectivity index (χ3v) is 13.2. The zero-order valence-corrected chi connectivity index (χ0v) is 33.4. The fraction of sp³-hybridized carbons (Fsp3) is 0.579. The molecule has 6 atom stereocenters. The van der Waals surface area contributed by atoms with E-state index in [4.69, 9.17) is 20.9 Å². The van der Waals surface area contributed by atoms with Crippen molar-refractivity contribution in [3.05, 3.63) is 37.0 Å². The highest BCUT2D eigenvalue weighted by Gasteiger charge is 2.29. The van der Waals surface area contributed by atoms with Gasteiger partial charge in [0.2, 0.25) is 11.9 Å². The Balaban J connectivity index is 0.686. The number of imidazole rings is 2. The summed E-state index contributed by atoms with van der Waals surface area (Å²) in [5, 5.41) is 6.80. The van der Waals surface area contributed by atoms with Gasteiger partial charge in [-0.2, -0.15) is 19.9 Å². The van der Waals surface area contributed by atoms with Gasteiger partial charge in [0.1, 0.15) is 0 Å². The molecule has 18 heteroatoms. The number of carbonyl (C=O) groups is 2. The second kappa shape index (κ2) is 16.9. The molecule has 0 aromatic carbocycles. The predicted molar refractivity (Wildman–Crippen MR) is 220 cm³/mol. The number of nitrogens with zero attached hydrogens (tertiary/aromatic N) is 8.